The Hall–Kier alpha value is -5.14. The number of hydrogen-bond donors (Lipinski definition) is 3. The Kier molecular flexibility index (Phi) is 8.08. The summed E-state index contributed by atoms with van der Waals surface area (Å²) in [6, 6.07) is 31.0. The molecule has 0 saturated heterocycles. The lowest BCUT2D eigenvalue weighted by Gasteiger charge is -2.09. The van der Waals surface area contributed by atoms with Gasteiger partial charge in [0.05, 0.1) is 49.1 Å². The molecule has 3 N–H and O–H groups in total. The van der Waals surface area contributed by atoms with Crippen molar-refractivity contribution in [2.45, 2.75) is 6.54 Å². The zero-order chi connectivity index (χ0) is 33.6. The van der Waals surface area contributed by atoms with Crippen LogP contribution in [0.5, 0.6) is 0 Å². The number of H-pyrrole nitrogens is 3. The van der Waals surface area contributed by atoms with Crippen LogP contribution >= 0.6 is 46.4 Å². The number of benzene rings is 3. The van der Waals surface area contributed by atoms with E-state index in [2.05, 4.69) is 25.0 Å². The molecule has 0 radical (unpaired) electrons. The van der Waals surface area contributed by atoms with Gasteiger partial charge in [-0.15, -0.1) is 0 Å². The van der Waals surface area contributed by atoms with Crippen LogP contribution in [0, 0.1) is 0 Å². The van der Waals surface area contributed by atoms with Gasteiger partial charge in [-0.05, 0) is 89.5 Å². The van der Waals surface area contributed by atoms with Crippen molar-refractivity contribution in [3.63, 3.8) is 0 Å². The van der Waals surface area contributed by atoms with Crippen LogP contribution in [0.1, 0.15) is 17.0 Å². The molecule has 0 aliphatic carbocycles. The van der Waals surface area contributed by atoms with Gasteiger partial charge in [-0.2, -0.15) is 0 Å². The Morgan fingerprint density at radius 2 is 0.939 bits per heavy atom. The molecule has 4 aromatic heterocycles. The summed E-state index contributed by atoms with van der Waals surface area (Å²) >= 11 is 27.4. The van der Waals surface area contributed by atoms with Crippen LogP contribution in [0.3, 0.4) is 0 Å². The van der Waals surface area contributed by atoms with Crippen LogP contribution in [0.2, 0.25) is 20.1 Å². The first-order valence-electron chi connectivity index (χ1n) is 15.2. The molecule has 0 spiro atoms. The van der Waals surface area contributed by atoms with E-state index in [1.54, 1.807) is 0 Å². The number of aromatic nitrogens is 4. The predicted octanol–water partition coefficient (Wildman–Crippen LogP) is 13.1. The summed E-state index contributed by atoms with van der Waals surface area (Å²) in [5.41, 5.74) is 20.8. The molecule has 11 heteroatoms. The normalized spacial score (nSPS) is 11.7. The molecular formula is C38H23Cl4N7. The standard InChI is InChI=1S/C38H23Cl4N7/c39-22-3-1-4-23(40)35(22)37-30-13-11-26(45-30)27-12-14-31(46-27)38(36-24(41)5-2-6-25(36)42)33-18-16-29(48-33)34(28-15-17-32(37)47-28)21-9-7-20(8-10-21)19-44-49-43/h1-18,45-47H,19H2. The minimum absolute atomic E-state index is 0.252. The van der Waals surface area contributed by atoms with Crippen LogP contribution in [-0.2, 0) is 6.54 Å². The van der Waals surface area contributed by atoms with Crippen LogP contribution in [0.25, 0.3) is 89.1 Å². The second kappa shape index (κ2) is 12.7. The minimum Gasteiger partial charge on any atom is -0.354 e. The fourth-order valence-corrected chi connectivity index (χ4v) is 7.52. The molecule has 238 valence electrons. The zero-order valence-corrected chi connectivity index (χ0v) is 28.4. The summed E-state index contributed by atoms with van der Waals surface area (Å²) in [5, 5.41) is 5.77. The van der Waals surface area contributed by atoms with Crippen molar-refractivity contribution < 1.29 is 0 Å². The van der Waals surface area contributed by atoms with E-state index in [9.17, 15) is 0 Å². The lowest BCUT2D eigenvalue weighted by molar-refractivity contribution is 1.05. The van der Waals surface area contributed by atoms with E-state index in [1.165, 1.54) is 0 Å². The van der Waals surface area contributed by atoms with Crippen LogP contribution in [-0.4, -0.2) is 19.9 Å². The second-order valence-corrected chi connectivity index (χ2v) is 13.1. The third-order valence-electron chi connectivity index (χ3n) is 8.56. The molecule has 7 nitrogen and oxygen atoms in total. The number of azide groups is 1. The molecule has 7 aromatic rings. The van der Waals surface area contributed by atoms with Gasteiger partial charge in [-0.25, -0.2) is 4.98 Å². The van der Waals surface area contributed by atoms with Crippen molar-refractivity contribution in [1.82, 2.24) is 19.9 Å². The first-order valence-corrected chi connectivity index (χ1v) is 16.7. The van der Waals surface area contributed by atoms with E-state index >= 15 is 0 Å². The van der Waals surface area contributed by atoms with Crippen molar-refractivity contribution in [2.75, 3.05) is 0 Å². The van der Waals surface area contributed by atoms with Gasteiger partial charge in [-0.3, -0.25) is 0 Å². The zero-order valence-electron chi connectivity index (χ0n) is 25.4. The van der Waals surface area contributed by atoms with Gasteiger partial charge < -0.3 is 15.0 Å². The van der Waals surface area contributed by atoms with Gasteiger partial charge in [0.25, 0.3) is 0 Å². The highest BCUT2D eigenvalue weighted by Crippen LogP contribution is 2.42. The fourth-order valence-electron chi connectivity index (χ4n) is 6.34. The molecule has 3 aromatic carbocycles. The van der Waals surface area contributed by atoms with E-state index in [4.69, 9.17) is 56.9 Å². The van der Waals surface area contributed by atoms with E-state index < -0.39 is 0 Å². The fraction of sp³-hybridized carbons (Fsp3) is 0.0263. The predicted molar refractivity (Wildman–Crippen MR) is 204 cm³/mol. The molecule has 5 heterocycles. The number of aromatic amines is 3. The molecule has 1 aliphatic heterocycles. The van der Waals surface area contributed by atoms with Crippen LogP contribution < -0.4 is 0 Å². The Morgan fingerprint density at radius 3 is 1.47 bits per heavy atom. The van der Waals surface area contributed by atoms with E-state index in [0.29, 0.717) is 36.9 Å². The maximum atomic E-state index is 8.84. The van der Waals surface area contributed by atoms with Crippen molar-refractivity contribution in [3.8, 4) is 33.4 Å². The summed E-state index contributed by atoms with van der Waals surface area (Å²) in [7, 11) is 0. The third kappa shape index (κ3) is 5.62. The lowest BCUT2D eigenvalue weighted by atomic mass is 10.0. The van der Waals surface area contributed by atoms with Crippen molar-refractivity contribution >= 4 is 91.7 Å². The molecule has 8 rings (SSSR count). The molecular weight excluding hydrogens is 696 g/mol. The van der Waals surface area contributed by atoms with Crippen molar-refractivity contribution in [3.05, 3.63) is 145 Å². The smallest absolute Gasteiger partial charge is 0.0738 e. The van der Waals surface area contributed by atoms with Crippen molar-refractivity contribution in [1.29, 1.82) is 0 Å². The number of nitrogens with one attached hydrogen (secondary N) is 3. The average molecular weight is 719 g/mol. The van der Waals surface area contributed by atoms with Gasteiger partial charge >= 0.3 is 0 Å². The summed E-state index contributed by atoms with van der Waals surface area (Å²) in [6.45, 7) is 0.252. The van der Waals surface area contributed by atoms with Gasteiger partial charge in [0.1, 0.15) is 0 Å². The number of rotatable bonds is 5. The first kappa shape index (κ1) is 31.1. The highest BCUT2D eigenvalue weighted by Gasteiger charge is 2.20. The second-order valence-electron chi connectivity index (χ2n) is 11.5. The third-order valence-corrected chi connectivity index (χ3v) is 9.82. The largest absolute Gasteiger partial charge is 0.354 e. The maximum absolute atomic E-state index is 8.84. The van der Waals surface area contributed by atoms with Gasteiger partial charge in [0.2, 0.25) is 0 Å². The Balaban J connectivity index is 1.55. The quantitative estimate of drug-likeness (QED) is 0.0919. The first-order chi connectivity index (χ1) is 23.9. The molecule has 0 saturated carbocycles. The number of fused-ring (bicyclic) bond motifs is 9. The maximum Gasteiger partial charge on any atom is 0.0738 e. The molecule has 8 bridgehead atoms. The molecule has 1 aliphatic rings. The summed E-state index contributed by atoms with van der Waals surface area (Å²) in [6.07, 6.45) is 3.97. The van der Waals surface area contributed by atoms with Gasteiger partial charge in [0.15, 0.2) is 0 Å². The average Bonchev–Trinajstić information content (AvgIpc) is 3.92. The summed E-state index contributed by atoms with van der Waals surface area (Å²) in [4.78, 5) is 19.0. The molecule has 0 unspecified atom stereocenters. The Labute approximate surface area is 299 Å². The molecule has 0 fully saturated rings. The molecule has 49 heavy (non-hydrogen) atoms. The number of nitrogens with zero attached hydrogens (tertiary/aromatic N) is 4. The highest BCUT2D eigenvalue weighted by atomic mass is 35.5. The minimum atomic E-state index is 0.252. The Morgan fingerprint density at radius 1 is 0.510 bits per heavy atom. The van der Waals surface area contributed by atoms with Crippen LogP contribution in [0.15, 0.2) is 102 Å². The molecule has 0 atom stereocenters. The monoisotopic (exact) mass is 717 g/mol. The summed E-state index contributed by atoms with van der Waals surface area (Å²) < 4.78 is 0. The topological polar surface area (TPSA) is 109 Å². The Bertz CT molecular complexity index is 2600. The highest BCUT2D eigenvalue weighted by molar-refractivity contribution is 6.40. The van der Waals surface area contributed by atoms with E-state index in [-0.39, 0.29) is 6.54 Å². The van der Waals surface area contributed by atoms with Crippen LogP contribution in [0.4, 0.5) is 0 Å². The SMILES string of the molecule is [N-]=[N+]=NCc1ccc(-c2c3nc(c(-c4c(Cl)cccc4Cl)c4ccc([nH]4)c4ccc([nH]4)c(-c4c(Cl)cccc4Cl)c4ccc2[nH]4)C=C3)cc1. The summed E-state index contributed by atoms with van der Waals surface area (Å²) in [5.74, 6) is 0. The van der Waals surface area contributed by atoms with E-state index in [0.717, 1.165) is 66.6 Å². The van der Waals surface area contributed by atoms with Gasteiger partial charge in [0, 0.05) is 54.8 Å². The molecule has 0 amide bonds. The van der Waals surface area contributed by atoms with E-state index in [1.807, 2.05) is 109 Å². The number of halogens is 4. The number of hydrogen-bond acceptors (Lipinski definition) is 2. The lowest BCUT2D eigenvalue weighted by Crippen LogP contribution is -1.90. The van der Waals surface area contributed by atoms with Gasteiger partial charge in [-0.1, -0.05) is 87.9 Å². The van der Waals surface area contributed by atoms with Crippen molar-refractivity contribution in [2.24, 2.45) is 5.11 Å².